The van der Waals surface area contributed by atoms with Crippen molar-refractivity contribution in [1.29, 1.82) is 0 Å². The number of anilines is 2. The van der Waals surface area contributed by atoms with Crippen LogP contribution >= 0.6 is 15.9 Å². The Labute approximate surface area is 186 Å². The highest BCUT2D eigenvalue weighted by atomic mass is 79.9. The number of nitrogens with one attached hydrogen (secondary N) is 3. The Kier molecular flexibility index (Phi) is 5.81. The number of rotatable bonds is 5. The molecule has 4 rings (SSSR count). The van der Waals surface area contributed by atoms with Gasteiger partial charge in [0.05, 0.1) is 5.57 Å². The van der Waals surface area contributed by atoms with E-state index in [9.17, 15) is 14.7 Å². The highest BCUT2D eigenvalue weighted by Crippen LogP contribution is 2.25. The molecule has 0 spiro atoms. The molecule has 0 saturated carbocycles. The maximum Gasteiger partial charge on any atom is 0.336 e. The second kappa shape index (κ2) is 8.85. The molecule has 0 aliphatic heterocycles. The van der Waals surface area contributed by atoms with Crippen LogP contribution in [-0.2, 0) is 4.79 Å². The summed E-state index contributed by atoms with van der Waals surface area (Å²) < 4.78 is 0.917. The summed E-state index contributed by atoms with van der Waals surface area (Å²) in [6.45, 7) is 0. The van der Waals surface area contributed by atoms with Crippen LogP contribution in [0.3, 0.4) is 0 Å². The number of nitrogens with zero attached hydrogens (tertiary/aromatic N) is 1. The standard InChI is InChI=1S/C23H17BrN4O3/c24-16-6-8-17(9-7-16)26-23(31)28-20-11-10-18-15(13-25-21(18)27-20)12-19(22(29)30)14-4-2-1-3-5-14/h1-13H,(H,29,30)(H3,25,26,27,28,31). The number of halogens is 1. The lowest BCUT2D eigenvalue weighted by Gasteiger charge is -2.07. The van der Waals surface area contributed by atoms with Crippen LogP contribution in [0, 0.1) is 0 Å². The zero-order chi connectivity index (χ0) is 21.8. The van der Waals surface area contributed by atoms with Crippen molar-refractivity contribution in [2.24, 2.45) is 0 Å². The van der Waals surface area contributed by atoms with Gasteiger partial charge in [0.2, 0.25) is 0 Å². The average molecular weight is 477 g/mol. The van der Waals surface area contributed by atoms with Gasteiger partial charge in [-0.05, 0) is 48.0 Å². The molecule has 4 N–H and O–H groups in total. The van der Waals surface area contributed by atoms with Crippen LogP contribution in [0.15, 0.2) is 77.4 Å². The number of carboxylic acids is 1. The van der Waals surface area contributed by atoms with E-state index < -0.39 is 12.0 Å². The molecule has 2 amide bonds. The summed E-state index contributed by atoms with van der Waals surface area (Å²) in [4.78, 5) is 31.4. The maximum absolute atomic E-state index is 12.2. The number of aromatic nitrogens is 2. The van der Waals surface area contributed by atoms with E-state index in [-0.39, 0.29) is 5.57 Å². The van der Waals surface area contributed by atoms with Crippen molar-refractivity contribution in [1.82, 2.24) is 9.97 Å². The number of urea groups is 1. The lowest BCUT2D eigenvalue weighted by Crippen LogP contribution is -2.20. The number of hydrogen-bond donors (Lipinski definition) is 4. The Morgan fingerprint density at radius 2 is 1.71 bits per heavy atom. The molecule has 2 heterocycles. The van der Waals surface area contributed by atoms with E-state index in [0.717, 1.165) is 9.86 Å². The molecular formula is C23H17BrN4O3. The molecule has 2 aromatic heterocycles. The van der Waals surface area contributed by atoms with Crippen LogP contribution in [0.1, 0.15) is 11.1 Å². The Hall–Kier alpha value is -3.91. The summed E-state index contributed by atoms with van der Waals surface area (Å²) in [5, 5.41) is 15.8. The topological polar surface area (TPSA) is 107 Å². The second-order valence-corrected chi connectivity index (χ2v) is 7.57. The minimum Gasteiger partial charge on any atom is -0.478 e. The fraction of sp³-hybridized carbons (Fsp3) is 0. The van der Waals surface area contributed by atoms with Gasteiger partial charge in [-0.2, -0.15) is 0 Å². The molecule has 0 aliphatic rings. The van der Waals surface area contributed by atoms with Gasteiger partial charge in [-0.25, -0.2) is 14.6 Å². The molecule has 0 saturated heterocycles. The predicted octanol–water partition coefficient (Wildman–Crippen LogP) is 5.59. The Morgan fingerprint density at radius 1 is 0.968 bits per heavy atom. The van der Waals surface area contributed by atoms with Crippen LogP contribution < -0.4 is 10.6 Å². The first-order valence-corrected chi connectivity index (χ1v) is 10.1. The molecule has 7 nitrogen and oxygen atoms in total. The number of aromatic amines is 1. The monoisotopic (exact) mass is 476 g/mol. The van der Waals surface area contributed by atoms with Gasteiger partial charge < -0.3 is 15.4 Å². The summed E-state index contributed by atoms with van der Waals surface area (Å²) in [6, 6.07) is 19.1. The minimum absolute atomic E-state index is 0.178. The summed E-state index contributed by atoms with van der Waals surface area (Å²) in [7, 11) is 0. The normalized spacial score (nSPS) is 11.3. The summed E-state index contributed by atoms with van der Waals surface area (Å²) in [5.74, 6) is -0.655. The number of pyridine rings is 1. The number of carboxylic acid groups (broad SMARTS) is 1. The third-order valence-corrected chi connectivity index (χ3v) is 5.06. The summed E-state index contributed by atoms with van der Waals surface area (Å²) in [5.41, 5.74) is 2.66. The van der Waals surface area contributed by atoms with E-state index in [4.69, 9.17) is 0 Å². The van der Waals surface area contributed by atoms with E-state index in [1.807, 2.05) is 18.2 Å². The van der Waals surface area contributed by atoms with Gasteiger partial charge in [0.25, 0.3) is 0 Å². The fourth-order valence-electron chi connectivity index (χ4n) is 3.07. The molecule has 0 radical (unpaired) electrons. The number of aliphatic carboxylic acids is 1. The lowest BCUT2D eigenvalue weighted by molar-refractivity contribution is -0.130. The third-order valence-electron chi connectivity index (χ3n) is 4.53. The van der Waals surface area contributed by atoms with Gasteiger partial charge in [-0.15, -0.1) is 0 Å². The van der Waals surface area contributed by atoms with Crippen molar-refractivity contribution in [3.63, 3.8) is 0 Å². The number of fused-ring (bicyclic) bond motifs is 1. The van der Waals surface area contributed by atoms with Gasteiger partial charge >= 0.3 is 12.0 Å². The van der Waals surface area contributed by atoms with Crippen LogP contribution in [-0.4, -0.2) is 27.1 Å². The van der Waals surface area contributed by atoms with E-state index in [0.29, 0.717) is 28.3 Å². The predicted molar refractivity (Wildman–Crippen MR) is 125 cm³/mol. The van der Waals surface area contributed by atoms with Crippen molar-refractivity contribution >= 4 is 62.1 Å². The number of carbonyl (C=O) groups excluding carboxylic acids is 1. The van der Waals surface area contributed by atoms with E-state index >= 15 is 0 Å². The molecular weight excluding hydrogens is 460 g/mol. The number of amides is 2. The molecule has 0 fully saturated rings. The molecule has 0 bridgehead atoms. The SMILES string of the molecule is O=C(Nc1ccc(Br)cc1)Nc1ccc2c(C=C(C(=O)O)c3ccccc3)c[nH]c2n1. The smallest absolute Gasteiger partial charge is 0.336 e. The van der Waals surface area contributed by atoms with Crippen LogP contribution in [0.5, 0.6) is 0 Å². The Bertz CT molecular complexity index is 1280. The van der Waals surface area contributed by atoms with Crippen molar-refractivity contribution in [3.05, 3.63) is 88.5 Å². The van der Waals surface area contributed by atoms with Gasteiger partial charge in [-0.3, -0.25) is 5.32 Å². The quantitative estimate of drug-likeness (QED) is 0.281. The Morgan fingerprint density at radius 3 is 2.42 bits per heavy atom. The molecule has 0 unspecified atom stereocenters. The minimum atomic E-state index is -1.02. The van der Waals surface area contributed by atoms with Crippen molar-refractivity contribution in [3.8, 4) is 0 Å². The van der Waals surface area contributed by atoms with E-state index in [1.54, 1.807) is 60.8 Å². The highest BCUT2D eigenvalue weighted by molar-refractivity contribution is 9.10. The molecule has 0 atom stereocenters. The highest BCUT2D eigenvalue weighted by Gasteiger charge is 2.13. The number of benzene rings is 2. The molecule has 8 heteroatoms. The molecule has 0 aliphatic carbocycles. The van der Waals surface area contributed by atoms with Crippen molar-refractivity contribution in [2.75, 3.05) is 10.6 Å². The molecule has 2 aromatic carbocycles. The van der Waals surface area contributed by atoms with E-state index in [1.165, 1.54) is 0 Å². The maximum atomic E-state index is 12.2. The van der Waals surface area contributed by atoms with Gasteiger partial charge in [0.15, 0.2) is 0 Å². The first-order valence-electron chi connectivity index (χ1n) is 9.32. The number of hydrogen-bond acceptors (Lipinski definition) is 3. The molecule has 31 heavy (non-hydrogen) atoms. The fourth-order valence-corrected chi connectivity index (χ4v) is 3.33. The summed E-state index contributed by atoms with van der Waals surface area (Å²) in [6.07, 6.45) is 3.29. The number of H-pyrrole nitrogens is 1. The zero-order valence-corrected chi connectivity index (χ0v) is 17.7. The number of carbonyl (C=O) groups is 2. The van der Waals surface area contributed by atoms with Gasteiger partial charge in [0.1, 0.15) is 11.5 Å². The lowest BCUT2D eigenvalue weighted by atomic mass is 10.0. The first kappa shape index (κ1) is 20.4. The van der Waals surface area contributed by atoms with Crippen molar-refractivity contribution in [2.45, 2.75) is 0 Å². The first-order chi connectivity index (χ1) is 15.0. The summed E-state index contributed by atoms with van der Waals surface area (Å²) >= 11 is 3.35. The zero-order valence-electron chi connectivity index (χ0n) is 16.1. The average Bonchev–Trinajstić information content (AvgIpc) is 3.16. The molecule has 154 valence electrons. The Balaban J connectivity index is 1.56. The third kappa shape index (κ3) is 4.81. The van der Waals surface area contributed by atoms with Crippen LogP contribution in [0.2, 0.25) is 0 Å². The largest absolute Gasteiger partial charge is 0.478 e. The van der Waals surface area contributed by atoms with E-state index in [2.05, 4.69) is 36.5 Å². The van der Waals surface area contributed by atoms with Crippen LogP contribution in [0.25, 0.3) is 22.7 Å². The van der Waals surface area contributed by atoms with Crippen LogP contribution in [0.4, 0.5) is 16.3 Å². The van der Waals surface area contributed by atoms with Gasteiger partial charge in [0, 0.05) is 27.3 Å². The second-order valence-electron chi connectivity index (χ2n) is 6.65. The van der Waals surface area contributed by atoms with Gasteiger partial charge in [-0.1, -0.05) is 46.3 Å². The van der Waals surface area contributed by atoms with Crippen molar-refractivity contribution < 1.29 is 14.7 Å². The molecule has 4 aromatic rings.